The van der Waals surface area contributed by atoms with Crippen molar-refractivity contribution in [2.45, 2.75) is 23.8 Å². The fraction of sp³-hybridized carbons (Fsp3) is 0.500. The third kappa shape index (κ3) is 2.63. The molecule has 5 heteroatoms. The summed E-state index contributed by atoms with van der Waals surface area (Å²) in [6.07, 6.45) is 9.73. The number of hydrogen-bond acceptors (Lipinski definition) is 5. The minimum absolute atomic E-state index is 0.196. The number of allylic oxidation sites excluding steroid dienone is 2. The third-order valence-electron chi connectivity index (χ3n) is 3.69. The minimum Gasteiger partial charge on any atom is -0.395 e. The fourth-order valence-corrected chi connectivity index (χ4v) is 3.50. The van der Waals surface area contributed by atoms with Crippen LogP contribution in [0.15, 0.2) is 40.6 Å². The van der Waals surface area contributed by atoms with Crippen molar-refractivity contribution < 1.29 is 5.11 Å². The monoisotopic (exact) mass is 277 g/mol. The predicted octanol–water partition coefficient (Wildman–Crippen LogP) is 0.823. The Morgan fingerprint density at radius 1 is 1.58 bits per heavy atom. The Kier molecular flexibility index (Phi) is 3.77. The Morgan fingerprint density at radius 2 is 2.47 bits per heavy atom. The maximum absolute atomic E-state index is 9.17. The van der Waals surface area contributed by atoms with Crippen LogP contribution in [0.2, 0.25) is 0 Å². The lowest BCUT2D eigenvalue weighted by molar-refractivity contribution is 0.297. The number of rotatable bonds is 3. The molecule has 0 fully saturated rings. The van der Waals surface area contributed by atoms with Gasteiger partial charge < -0.3 is 15.7 Å². The van der Waals surface area contributed by atoms with Crippen molar-refractivity contribution in [3.63, 3.8) is 0 Å². The highest BCUT2D eigenvalue weighted by Gasteiger charge is 2.29. The SMILES string of the molecule is CNC1C=CC=C2C=C(C3=NCC(CO)S3)NC2C1. The average molecular weight is 277 g/mol. The van der Waals surface area contributed by atoms with Gasteiger partial charge in [0.25, 0.3) is 0 Å². The second kappa shape index (κ2) is 5.53. The van der Waals surface area contributed by atoms with Gasteiger partial charge in [0.05, 0.1) is 30.1 Å². The summed E-state index contributed by atoms with van der Waals surface area (Å²) in [5.74, 6) is 0. The first-order chi connectivity index (χ1) is 9.30. The molecule has 19 heavy (non-hydrogen) atoms. The van der Waals surface area contributed by atoms with Crippen molar-refractivity contribution in [2.75, 3.05) is 20.2 Å². The van der Waals surface area contributed by atoms with Crippen molar-refractivity contribution in [1.29, 1.82) is 0 Å². The van der Waals surface area contributed by atoms with Crippen LogP contribution in [0.25, 0.3) is 0 Å². The largest absolute Gasteiger partial charge is 0.395 e. The third-order valence-corrected chi connectivity index (χ3v) is 4.89. The van der Waals surface area contributed by atoms with E-state index in [0.717, 1.165) is 23.7 Å². The van der Waals surface area contributed by atoms with Gasteiger partial charge in [0, 0.05) is 6.04 Å². The van der Waals surface area contributed by atoms with Crippen molar-refractivity contribution >= 4 is 16.8 Å². The molecule has 102 valence electrons. The number of hydrogen-bond donors (Lipinski definition) is 3. The summed E-state index contributed by atoms with van der Waals surface area (Å²) in [5, 5.41) is 17.3. The highest BCUT2D eigenvalue weighted by Crippen LogP contribution is 2.30. The zero-order chi connectivity index (χ0) is 13.2. The molecule has 0 spiro atoms. The average Bonchev–Trinajstić information content (AvgIpc) is 3.01. The second-order valence-corrected chi connectivity index (χ2v) is 6.29. The highest BCUT2D eigenvalue weighted by atomic mass is 32.2. The standard InChI is InChI=1S/C14H19N3OS/c1-15-10-4-2-3-9-5-13(17-12(9)6-10)14-16-7-11(8-18)19-14/h2-5,10-12,15,17-18H,6-8H2,1H3. The van der Waals surface area contributed by atoms with E-state index in [1.54, 1.807) is 11.8 Å². The predicted molar refractivity (Wildman–Crippen MR) is 80.5 cm³/mol. The highest BCUT2D eigenvalue weighted by molar-refractivity contribution is 8.15. The van der Waals surface area contributed by atoms with E-state index < -0.39 is 0 Å². The molecular weight excluding hydrogens is 258 g/mol. The number of fused-ring (bicyclic) bond motifs is 1. The van der Waals surface area contributed by atoms with Gasteiger partial charge in [-0.25, -0.2) is 0 Å². The second-order valence-electron chi connectivity index (χ2n) is 5.01. The van der Waals surface area contributed by atoms with Gasteiger partial charge in [0.2, 0.25) is 0 Å². The van der Waals surface area contributed by atoms with E-state index in [1.165, 1.54) is 5.57 Å². The molecule has 2 heterocycles. The van der Waals surface area contributed by atoms with Crippen LogP contribution < -0.4 is 10.6 Å². The van der Waals surface area contributed by atoms with E-state index >= 15 is 0 Å². The van der Waals surface area contributed by atoms with Crippen LogP contribution in [0.5, 0.6) is 0 Å². The molecule has 0 saturated carbocycles. The van der Waals surface area contributed by atoms with E-state index in [4.69, 9.17) is 0 Å². The number of thioether (sulfide) groups is 1. The molecule has 3 aliphatic rings. The fourth-order valence-electron chi connectivity index (χ4n) is 2.57. The number of aliphatic imine (C=N–C) groups is 1. The zero-order valence-electron chi connectivity index (χ0n) is 11.0. The molecule has 0 radical (unpaired) electrons. The molecular formula is C14H19N3OS. The van der Waals surface area contributed by atoms with Gasteiger partial charge in [-0.1, -0.05) is 30.0 Å². The lowest BCUT2D eigenvalue weighted by Gasteiger charge is -2.18. The molecule has 3 N–H and O–H groups in total. The Hall–Kier alpha value is -1.04. The maximum atomic E-state index is 9.17. The van der Waals surface area contributed by atoms with Gasteiger partial charge in [-0.3, -0.25) is 4.99 Å². The van der Waals surface area contributed by atoms with Crippen molar-refractivity contribution in [1.82, 2.24) is 10.6 Å². The molecule has 1 aliphatic carbocycles. The van der Waals surface area contributed by atoms with Gasteiger partial charge in [-0.2, -0.15) is 0 Å². The Labute approximate surface area is 117 Å². The molecule has 0 aromatic heterocycles. The van der Waals surface area contributed by atoms with Crippen LogP contribution >= 0.6 is 11.8 Å². The molecule has 3 atom stereocenters. The first-order valence-electron chi connectivity index (χ1n) is 6.66. The summed E-state index contributed by atoms with van der Waals surface area (Å²) in [6.45, 7) is 0.917. The Morgan fingerprint density at radius 3 is 3.21 bits per heavy atom. The van der Waals surface area contributed by atoms with Crippen LogP contribution in [-0.4, -0.2) is 47.7 Å². The lowest BCUT2D eigenvalue weighted by Crippen LogP contribution is -2.34. The zero-order valence-corrected chi connectivity index (χ0v) is 11.8. The van der Waals surface area contributed by atoms with Gasteiger partial charge in [0.15, 0.2) is 0 Å². The topological polar surface area (TPSA) is 56.7 Å². The number of aliphatic hydroxyl groups excluding tert-OH is 1. The van der Waals surface area contributed by atoms with Crippen LogP contribution in [0, 0.1) is 0 Å². The van der Waals surface area contributed by atoms with Gasteiger partial charge in [-0.15, -0.1) is 0 Å². The summed E-state index contributed by atoms with van der Waals surface area (Å²) < 4.78 is 0. The summed E-state index contributed by atoms with van der Waals surface area (Å²) in [6, 6.07) is 0.765. The van der Waals surface area contributed by atoms with Crippen molar-refractivity contribution in [3.05, 3.63) is 35.6 Å². The van der Waals surface area contributed by atoms with Crippen LogP contribution in [0.3, 0.4) is 0 Å². The van der Waals surface area contributed by atoms with Crippen molar-refractivity contribution in [2.24, 2.45) is 4.99 Å². The summed E-state index contributed by atoms with van der Waals surface area (Å²) in [4.78, 5) is 4.52. The van der Waals surface area contributed by atoms with E-state index in [0.29, 0.717) is 12.1 Å². The van der Waals surface area contributed by atoms with Crippen molar-refractivity contribution in [3.8, 4) is 0 Å². The molecule has 3 unspecified atom stereocenters. The van der Waals surface area contributed by atoms with Gasteiger partial charge >= 0.3 is 0 Å². The molecule has 2 aliphatic heterocycles. The number of likely N-dealkylation sites (N-methyl/N-ethyl adjacent to an activating group) is 1. The molecule has 0 bridgehead atoms. The molecule has 0 amide bonds. The van der Waals surface area contributed by atoms with E-state index in [2.05, 4.69) is 39.9 Å². The molecule has 0 saturated heterocycles. The lowest BCUT2D eigenvalue weighted by atomic mass is 10.0. The Bertz CT molecular complexity index is 481. The molecule has 0 aromatic carbocycles. The van der Waals surface area contributed by atoms with Crippen LogP contribution in [0.1, 0.15) is 6.42 Å². The molecule has 0 aromatic rings. The quantitative estimate of drug-likeness (QED) is 0.715. The van der Waals surface area contributed by atoms with E-state index in [1.807, 2.05) is 7.05 Å². The van der Waals surface area contributed by atoms with Gasteiger partial charge in [0.1, 0.15) is 5.04 Å². The Balaban J connectivity index is 1.73. The summed E-state index contributed by atoms with van der Waals surface area (Å²) in [7, 11) is 1.99. The number of nitrogens with zero attached hydrogens (tertiary/aromatic N) is 1. The first-order valence-corrected chi connectivity index (χ1v) is 7.54. The first kappa shape index (κ1) is 13.0. The molecule has 4 nitrogen and oxygen atoms in total. The van der Waals surface area contributed by atoms with E-state index in [9.17, 15) is 5.11 Å². The molecule has 3 rings (SSSR count). The van der Waals surface area contributed by atoms with E-state index in [-0.39, 0.29) is 11.9 Å². The smallest absolute Gasteiger partial charge is 0.114 e. The summed E-state index contributed by atoms with van der Waals surface area (Å²) in [5.41, 5.74) is 2.43. The number of aliphatic hydroxyl groups is 1. The van der Waals surface area contributed by atoms with Crippen LogP contribution in [0.4, 0.5) is 0 Å². The number of nitrogens with one attached hydrogen (secondary N) is 2. The van der Waals surface area contributed by atoms with Crippen LogP contribution in [-0.2, 0) is 0 Å². The minimum atomic E-state index is 0.196. The maximum Gasteiger partial charge on any atom is 0.114 e. The van der Waals surface area contributed by atoms with Gasteiger partial charge in [-0.05, 0) is 25.1 Å². The summed E-state index contributed by atoms with van der Waals surface area (Å²) >= 11 is 1.67. The normalized spacial score (nSPS) is 33.2.